The van der Waals surface area contributed by atoms with Crippen LogP contribution in [0.3, 0.4) is 0 Å². The Kier molecular flexibility index (Phi) is 6.92. The molecular formula is C27H26N2O5. The molecule has 0 saturated heterocycles. The first-order valence-electron chi connectivity index (χ1n) is 11.1. The predicted octanol–water partition coefficient (Wildman–Crippen LogP) is 4.71. The minimum Gasteiger partial charge on any atom is -0.481 e. The first-order chi connectivity index (χ1) is 16.4. The van der Waals surface area contributed by atoms with E-state index >= 15 is 0 Å². The van der Waals surface area contributed by atoms with Crippen LogP contribution in [-0.4, -0.2) is 35.7 Å². The Labute approximate surface area is 197 Å². The van der Waals surface area contributed by atoms with E-state index in [4.69, 9.17) is 9.84 Å². The van der Waals surface area contributed by atoms with Crippen LogP contribution in [0.2, 0.25) is 0 Å². The number of carboxylic acids is 1. The van der Waals surface area contributed by atoms with E-state index in [1.807, 2.05) is 67.6 Å². The molecule has 1 aliphatic carbocycles. The molecule has 0 radical (unpaired) electrons. The molecule has 0 bridgehead atoms. The summed E-state index contributed by atoms with van der Waals surface area (Å²) in [7, 11) is 0. The molecule has 0 fully saturated rings. The Morgan fingerprint density at radius 3 is 2.09 bits per heavy atom. The van der Waals surface area contributed by atoms with Crippen molar-refractivity contribution in [1.82, 2.24) is 5.32 Å². The monoisotopic (exact) mass is 458 g/mol. The topological polar surface area (TPSA) is 105 Å². The molecule has 7 heteroatoms. The molecule has 0 aliphatic heterocycles. The van der Waals surface area contributed by atoms with Crippen LogP contribution >= 0.6 is 0 Å². The highest BCUT2D eigenvalue weighted by Gasteiger charge is 2.30. The fourth-order valence-corrected chi connectivity index (χ4v) is 4.19. The lowest BCUT2D eigenvalue weighted by molar-refractivity contribution is -0.137. The highest BCUT2D eigenvalue weighted by molar-refractivity contribution is 5.96. The molecule has 4 rings (SSSR count). The van der Waals surface area contributed by atoms with E-state index in [-0.39, 0.29) is 25.4 Å². The minimum atomic E-state index is -1.05. The summed E-state index contributed by atoms with van der Waals surface area (Å²) < 4.78 is 5.52. The first-order valence-corrected chi connectivity index (χ1v) is 11.1. The average molecular weight is 459 g/mol. The van der Waals surface area contributed by atoms with Gasteiger partial charge in [-0.3, -0.25) is 9.59 Å². The number of aliphatic carboxylic acids is 1. The molecule has 7 nitrogen and oxygen atoms in total. The van der Waals surface area contributed by atoms with E-state index in [1.165, 1.54) is 0 Å². The number of carbonyl (C=O) groups excluding carboxylic acids is 2. The van der Waals surface area contributed by atoms with Crippen molar-refractivity contribution in [2.45, 2.75) is 31.7 Å². The molecule has 3 aromatic carbocycles. The number of aryl methyl sites for hydroxylation is 1. The average Bonchev–Trinajstić information content (AvgIpc) is 3.15. The number of hydrogen-bond acceptors (Lipinski definition) is 4. The summed E-state index contributed by atoms with van der Waals surface area (Å²) in [6, 6.07) is 22.1. The molecule has 1 atom stereocenters. The van der Waals surface area contributed by atoms with Gasteiger partial charge >= 0.3 is 12.1 Å². The van der Waals surface area contributed by atoms with Crippen LogP contribution < -0.4 is 10.6 Å². The van der Waals surface area contributed by atoms with E-state index in [0.717, 1.165) is 27.8 Å². The summed E-state index contributed by atoms with van der Waals surface area (Å²) in [5, 5.41) is 14.3. The summed E-state index contributed by atoms with van der Waals surface area (Å²) in [4.78, 5) is 36.4. The Hall–Kier alpha value is -4.13. The highest BCUT2D eigenvalue weighted by Crippen LogP contribution is 2.44. The molecule has 174 valence electrons. The summed E-state index contributed by atoms with van der Waals surface area (Å²) in [5.74, 6) is -1.67. The van der Waals surface area contributed by atoms with E-state index < -0.39 is 24.0 Å². The van der Waals surface area contributed by atoms with Gasteiger partial charge in [0.05, 0.1) is 0 Å². The van der Waals surface area contributed by atoms with E-state index in [2.05, 4.69) is 10.6 Å². The van der Waals surface area contributed by atoms with Crippen molar-refractivity contribution in [3.05, 3.63) is 89.5 Å². The molecule has 0 aromatic heterocycles. The lowest BCUT2D eigenvalue weighted by Crippen LogP contribution is -2.44. The third-order valence-corrected chi connectivity index (χ3v) is 5.92. The number of rotatable bonds is 8. The summed E-state index contributed by atoms with van der Waals surface area (Å²) in [5.41, 5.74) is 5.99. The van der Waals surface area contributed by atoms with Crippen LogP contribution in [-0.2, 0) is 14.3 Å². The quantitative estimate of drug-likeness (QED) is 0.454. The van der Waals surface area contributed by atoms with Crippen LogP contribution in [0.1, 0.15) is 35.4 Å². The molecular weight excluding hydrogens is 432 g/mol. The van der Waals surface area contributed by atoms with Crippen LogP contribution in [0, 0.1) is 6.92 Å². The normalized spacial score (nSPS) is 12.9. The van der Waals surface area contributed by atoms with Gasteiger partial charge < -0.3 is 20.5 Å². The van der Waals surface area contributed by atoms with Crippen LogP contribution in [0.15, 0.2) is 72.8 Å². The van der Waals surface area contributed by atoms with Crippen molar-refractivity contribution in [1.29, 1.82) is 0 Å². The summed E-state index contributed by atoms with van der Waals surface area (Å²) in [6.07, 6.45) is -1.09. The summed E-state index contributed by atoms with van der Waals surface area (Å²) in [6.45, 7) is 2.03. The third kappa shape index (κ3) is 5.26. The lowest BCUT2D eigenvalue weighted by Gasteiger charge is -2.19. The van der Waals surface area contributed by atoms with Gasteiger partial charge in [-0.25, -0.2) is 4.79 Å². The largest absolute Gasteiger partial charge is 0.481 e. The SMILES string of the molecule is Cc1ccc(NC(=O)[C@H](CCC(=O)O)NC(=O)OCC2c3ccccc3-c3ccccc32)cc1. The molecule has 0 saturated carbocycles. The number of alkyl carbamates (subject to hydrolysis) is 1. The maximum Gasteiger partial charge on any atom is 0.407 e. The number of carbonyl (C=O) groups is 3. The standard InChI is InChI=1S/C27H26N2O5/c1-17-10-12-18(13-11-17)28-26(32)24(14-15-25(30)31)29-27(33)34-16-23-21-8-4-2-6-19(21)20-7-3-5-9-22(20)23/h2-13,23-24H,14-16H2,1H3,(H,28,32)(H,29,33)(H,30,31)/t24-/m0/s1. The van der Waals surface area contributed by atoms with Crippen molar-refractivity contribution in [3.8, 4) is 11.1 Å². The molecule has 0 unspecified atom stereocenters. The number of benzene rings is 3. The number of carboxylic acid groups (broad SMARTS) is 1. The van der Waals surface area contributed by atoms with Gasteiger partial charge in [-0.05, 0) is 47.7 Å². The molecule has 2 amide bonds. The zero-order valence-corrected chi connectivity index (χ0v) is 18.8. The Bertz CT molecular complexity index is 1160. The van der Waals surface area contributed by atoms with E-state index in [9.17, 15) is 14.4 Å². The third-order valence-electron chi connectivity index (χ3n) is 5.92. The number of anilines is 1. The maximum absolute atomic E-state index is 12.8. The Balaban J connectivity index is 1.42. The number of amides is 2. The smallest absolute Gasteiger partial charge is 0.407 e. The van der Waals surface area contributed by atoms with Crippen molar-refractivity contribution in [3.63, 3.8) is 0 Å². The van der Waals surface area contributed by atoms with Gasteiger partial charge in [0.1, 0.15) is 12.6 Å². The zero-order valence-electron chi connectivity index (χ0n) is 18.8. The molecule has 0 spiro atoms. The second-order valence-corrected chi connectivity index (χ2v) is 8.31. The van der Waals surface area contributed by atoms with Gasteiger partial charge in [0.25, 0.3) is 0 Å². The van der Waals surface area contributed by atoms with Gasteiger partial charge in [0.15, 0.2) is 0 Å². The Morgan fingerprint density at radius 1 is 0.912 bits per heavy atom. The van der Waals surface area contributed by atoms with Gasteiger partial charge in [0, 0.05) is 18.0 Å². The first kappa shape index (κ1) is 23.0. The molecule has 3 N–H and O–H groups in total. The van der Waals surface area contributed by atoms with E-state index in [0.29, 0.717) is 5.69 Å². The fraction of sp³-hybridized carbons (Fsp3) is 0.222. The predicted molar refractivity (Wildman–Crippen MR) is 129 cm³/mol. The second kappa shape index (κ2) is 10.2. The van der Waals surface area contributed by atoms with E-state index in [1.54, 1.807) is 12.1 Å². The van der Waals surface area contributed by atoms with Crippen LogP contribution in [0.4, 0.5) is 10.5 Å². The zero-order chi connectivity index (χ0) is 24.1. The fourth-order valence-electron chi connectivity index (χ4n) is 4.19. The molecule has 3 aromatic rings. The van der Waals surface area contributed by atoms with Crippen molar-refractivity contribution < 1.29 is 24.2 Å². The van der Waals surface area contributed by atoms with Gasteiger partial charge in [-0.1, -0.05) is 66.2 Å². The number of nitrogens with one attached hydrogen (secondary N) is 2. The van der Waals surface area contributed by atoms with Gasteiger partial charge in [-0.15, -0.1) is 0 Å². The number of hydrogen-bond donors (Lipinski definition) is 3. The van der Waals surface area contributed by atoms with Crippen LogP contribution in [0.25, 0.3) is 11.1 Å². The Morgan fingerprint density at radius 2 is 1.50 bits per heavy atom. The maximum atomic E-state index is 12.8. The van der Waals surface area contributed by atoms with Crippen LogP contribution in [0.5, 0.6) is 0 Å². The molecule has 0 heterocycles. The molecule has 34 heavy (non-hydrogen) atoms. The van der Waals surface area contributed by atoms with Gasteiger partial charge in [-0.2, -0.15) is 0 Å². The number of ether oxygens (including phenoxy) is 1. The highest BCUT2D eigenvalue weighted by atomic mass is 16.5. The van der Waals surface area contributed by atoms with Crippen molar-refractivity contribution in [2.24, 2.45) is 0 Å². The minimum absolute atomic E-state index is 0.0583. The molecule has 1 aliphatic rings. The van der Waals surface area contributed by atoms with Crippen molar-refractivity contribution in [2.75, 3.05) is 11.9 Å². The number of fused-ring (bicyclic) bond motifs is 3. The summed E-state index contributed by atoms with van der Waals surface area (Å²) >= 11 is 0. The van der Waals surface area contributed by atoms with Crippen molar-refractivity contribution >= 4 is 23.7 Å². The van der Waals surface area contributed by atoms with Gasteiger partial charge in [0.2, 0.25) is 5.91 Å². The second-order valence-electron chi connectivity index (χ2n) is 8.31. The lowest BCUT2D eigenvalue weighted by atomic mass is 9.98.